The van der Waals surface area contributed by atoms with Gasteiger partial charge in [0.15, 0.2) is 0 Å². The van der Waals surface area contributed by atoms with Crippen LogP contribution in [0.5, 0.6) is 0 Å². The van der Waals surface area contributed by atoms with E-state index in [2.05, 4.69) is 41.4 Å². The van der Waals surface area contributed by atoms with Crippen molar-refractivity contribution in [2.45, 2.75) is 19.3 Å². The van der Waals surface area contributed by atoms with Gasteiger partial charge in [-0.3, -0.25) is 4.98 Å². The van der Waals surface area contributed by atoms with Gasteiger partial charge in [-0.2, -0.15) is 0 Å². The second kappa shape index (κ2) is 4.54. The average molecular weight is 221 g/mol. The van der Waals surface area contributed by atoms with Gasteiger partial charge in [0, 0.05) is 6.20 Å². The summed E-state index contributed by atoms with van der Waals surface area (Å²) in [7, 11) is 0. The molecule has 0 atom stereocenters. The van der Waals surface area contributed by atoms with Crippen molar-refractivity contribution in [3.63, 3.8) is 0 Å². The van der Waals surface area contributed by atoms with Gasteiger partial charge in [0.05, 0.1) is 5.69 Å². The first-order valence-corrected chi connectivity index (χ1v) is 6.13. The molecule has 1 heterocycles. The minimum absolute atomic E-state index is 1.05. The highest BCUT2D eigenvalue weighted by atomic mass is 14.6. The molecule has 0 N–H and O–H groups in total. The molecule has 1 aromatic carbocycles. The van der Waals surface area contributed by atoms with E-state index < -0.39 is 0 Å². The average Bonchev–Trinajstić information content (AvgIpc) is 2.40. The van der Waals surface area contributed by atoms with Crippen LogP contribution in [0.4, 0.5) is 0 Å². The SMILES string of the molecule is C(=C1CCCc2ccccc21)c1ccccn1. The number of aromatic nitrogens is 1. The number of benzene rings is 1. The number of aryl methyl sites for hydroxylation is 1. The topological polar surface area (TPSA) is 12.9 Å². The number of pyridine rings is 1. The molecule has 0 unspecified atom stereocenters. The normalized spacial score (nSPS) is 16.8. The summed E-state index contributed by atoms with van der Waals surface area (Å²) in [5, 5.41) is 0. The fourth-order valence-corrected chi connectivity index (χ4v) is 2.45. The Hall–Kier alpha value is -1.89. The highest BCUT2D eigenvalue weighted by molar-refractivity contribution is 5.82. The molecule has 1 aromatic heterocycles. The lowest BCUT2D eigenvalue weighted by molar-refractivity contribution is 0.824. The minimum Gasteiger partial charge on any atom is -0.257 e. The summed E-state index contributed by atoms with van der Waals surface area (Å²) >= 11 is 0. The van der Waals surface area contributed by atoms with Crippen LogP contribution in [0.2, 0.25) is 0 Å². The summed E-state index contributed by atoms with van der Waals surface area (Å²) in [6.45, 7) is 0. The third-order valence-corrected chi connectivity index (χ3v) is 3.27. The van der Waals surface area contributed by atoms with Crippen LogP contribution < -0.4 is 0 Å². The molecule has 0 fully saturated rings. The Morgan fingerprint density at radius 3 is 2.71 bits per heavy atom. The zero-order chi connectivity index (χ0) is 11.5. The van der Waals surface area contributed by atoms with Gasteiger partial charge in [-0.15, -0.1) is 0 Å². The van der Waals surface area contributed by atoms with E-state index >= 15 is 0 Å². The summed E-state index contributed by atoms with van der Waals surface area (Å²) in [5.74, 6) is 0. The maximum Gasteiger partial charge on any atom is 0.0632 e. The van der Waals surface area contributed by atoms with Gasteiger partial charge in [-0.05, 0) is 54.2 Å². The quantitative estimate of drug-likeness (QED) is 0.710. The van der Waals surface area contributed by atoms with Crippen molar-refractivity contribution in [3.8, 4) is 0 Å². The molecule has 2 aromatic rings. The molecule has 0 saturated heterocycles. The van der Waals surface area contributed by atoms with Gasteiger partial charge in [-0.1, -0.05) is 30.3 Å². The van der Waals surface area contributed by atoms with Gasteiger partial charge < -0.3 is 0 Å². The molecule has 3 rings (SSSR count). The van der Waals surface area contributed by atoms with E-state index in [9.17, 15) is 0 Å². The fourth-order valence-electron chi connectivity index (χ4n) is 2.45. The standard InChI is InChI=1S/C16H15N/c1-2-10-16-13(6-1)7-5-8-14(16)12-15-9-3-4-11-17-15/h1-4,6,9-12H,5,7-8H2. The maximum absolute atomic E-state index is 4.37. The number of hydrogen-bond acceptors (Lipinski definition) is 1. The van der Waals surface area contributed by atoms with Crippen molar-refractivity contribution in [3.05, 3.63) is 65.5 Å². The lowest BCUT2D eigenvalue weighted by Gasteiger charge is -2.18. The molecule has 0 aliphatic heterocycles. The van der Waals surface area contributed by atoms with E-state index in [-0.39, 0.29) is 0 Å². The first kappa shape index (κ1) is 10.3. The van der Waals surface area contributed by atoms with Crippen molar-refractivity contribution >= 4 is 11.6 Å². The van der Waals surface area contributed by atoms with Gasteiger partial charge in [0.25, 0.3) is 0 Å². The first-order valence-electron chi connectivity index (χ1n) is 6.13. The van der Waals surface area contributed by atoms with Crippen molar-refractivity contribution in [1.29, 1.82) is 0 Å². The van der Waals surface area contributed by atoms with Crippen LogP contribution in [-0.2, 0) is 6.42 Å². The lowest BCUT2D eigenvalue weighted by atomic mass is 9.87. The number of allylic oxidation sites excluding steroid dienone is 1. The van der Waals surface area contributed by atoms with Gasteiger partial charge in [0.2, 0.25) is 0 Å². The lowest BCUT2D eigenvalue weighted by Crippen LogP contribution is -2.01. The Balaban J connectivity index is 2.03. The smallest absolute Gasteiger partial charge is 0.0632 e. The highest BCUT2D eigenvalue weighted by Gasteiger charge is 2.12. The molecule has 1 aliphatic carbocycles. The molecule has 84 valence electrons. The van der Waals surface area contributed by atoms with Crippen LogP contribution in [0, 0.1) is 0 Å². The Kier molecular flexibility index (Phi) is 2.74. The molecular weight excluding hydrogens is 206 g/mol. The van der Waals surface area contributed by atoms with Crippen LogP contribution in [0.25, 0.3) is 11.6 Å². The number of fused-ring (bicyclic) bond motifs is 1. The molecule has 1 aliphatic rings. The zero-order valence-corrected chi connectivity index (χ0v) is 9.76. The third-order valence-electron chi connectivity index (χ3n) is 3.27. The predicted octanol–water partition coefficient (Wildman–Crippen LogP) is 3.96. The monoisotopic (exact) mass is 221 g/mol. The van der Waals surface area contributed by atoms with E-state index in [1.807, 2.05) is 18.3 Å². The second-order valence-corrected chi connectivity index (χ2v) is 4.43. The second-order valence-electron chi connectivity index (χ2n) is 4.43. The van der Waals surface area contributed by atoms with Crippen molar-refractivity contribution in [2.75, 3.05) is 0 Å². The number of rotatable bonds is 1. The minimum atomic E-state index is 1.05. The third kappa shape index (κ3) is 2.14. The summed E-state index contributed by atoms with van der Waals surface area (Å²) in [5.41, 5.74) is 5.36. The molecule has 17 heavy (non-hydrogen) atoms. The van der Waals surface area contributed by atoms with E-state index in [0.717, 1.165) is 12.1 Å². The van der Waals surface area contributed by atoms with E-state index in [1.165, 1.54) is 29.5 Å². The Labute approximate surface area is 102 Å². The van der Waals surface area contributed by atoms with Gasteiger partial charge >= 0.3 is 0 Å². The van der Waals surface area contributed by atoms with Crippen molar-refractivity contribution in [1.82, 2.24) is 4.98 Å². The molecule has 0 spiro atoms. The highest BCUT2D eigenvalue weighted by Crippen LogP contribution is 2.31. The Morgan fingerprint density at radius 2 is 1.82 bits per heavy atom. The summed E-state index contributed by atoms with van der Waals surface area (Å²) < 4.78 is 0. The van der Waals surface area contributed by atoms with Gasteiger partial charge in [-0.25, -0.2) is 0 Å². The molecule has 1 nitrogen and oxygen atoms in total. The van der Waals surface area contributed by atoms with Crippen molar-refractivity contribution in [2.24, 2.45) is 0 Å². The van der Waals surface area contributed by atoms with Crippen LogP contribution in [0.15, 0.2) is 48.7 Å². The molecule has 0 saturated carbocycles. The number of hydrogen-bond donors (Lipinski definition) is 0. The summed E-state index contributed by atoms with van der Waals surface area (Å²) in [4.78, 5) is 4.37. The Bertz CT molecular complexity index is 540. The van der Waals surface area contributed by atoms with Crippen molar-refractivity contribution < 1.29 is 0 Å². The maximum atomic E-state index is 4.37. The van der Waals surface area contributed by atoms with Gasteiger partial charge in [0.1, 0.15) is 0 Å². The zero-order valence-electron chi connectivity index (χ0n) is 9.76. The largest absolute Gasteiger partial charge is 0.257 e. The van der Waals surface area contributed by atoms with E-state index in [4.69, 9.17) is 0 Å². The molecule has 0 amide bonds. The van der Waals surface area contributed by atoms with Crippen LogP contribution in [-0.4, -0.2) is 4.98 Å². The van der Waals surface area contributed by atoms with Crippen LogP contribution in [0.3, 0.4) is 0 Å². The Morgan fingerprint density at radius 1 is 0.941 bits per heavy atom. The summed E-state index contributed by atoms with van der Waals surface area (Å²) in [6, 6.07) is 14.8. The molecular formula is C16H15N. The molecule has 0 radical (unpaired) electrons. The van der Waals surface area contributed by atoms with E-state index in [1.54, 1.807) is 0 Å². The van der Waals surface area contributed by atoms with E-state index in [0.29, 0.717) is 0 Å². The first-order chi connectivity index (χ1) is 8.43. The molecule has 0 bridgehead atoms. The predicted molar refractivity (Wildman–Crippen MR) is 71.5 cm³/mol. The fraction of sp³-hybridized carbons (Fsp3) is 0.188. The summed E-state index contributed by atoms with van der Waals surface area (Å²) in [6.07, 6.45) is 7.68. The van der Waals surface area contributed by atoms with Crippen LogP contribution in [0.1, 0.15) is 29.7 Å². The van der Waals surface area contributed by atoms with Crippen LogP contribution >= 0.6 is 0 Å². The number of nitrogens with zero attached hydrogens (tertiary/aromatic N) is 1. The molecule has 1 heteroatoms.